The maximum Gasteiger partial charge on any atom is 0.0270 e. The molecule has 0 bridgehead atoms. The van der Waals surface area contributed by atoms with E-state index in [1.807, 2.05) is 12.4 Å². The van der Waals surface area contributed by atoms with E-state index in [4.69, 9.17) is 5.73 Å². The van der Waals surface area contributed by atoms with Crippen molar-refractivity contribution in [2.75, 3.05) is 26.7 Å². The molecule has 1 atom stereocenters. The maximum absolute atomic E-state index is 5.91. The summed E-state index contributed by atoms with van der Waals surface area (Å²) in [5, 5.41) is 0. The molecule has 3 nitrogen and oxygen atoms in total. The third kappa shape index (κ3) is 5.15. The first-order valence-corrected chi connectivity index (χ1v) is 6.87. The standard InChI is InChI=1S/C15H27N3/c1-4-8-15(2,12-16)13-18(3)11-7-14-5-9-17-10-6-14/h5-6,9-10H,4,7-8,11-13,16H2,1-3H3. The first-order chi connectivity index (χ1) is 8.59. The number of aromatic nitrogens is 1. The van der Waals surface area contributed by atoms with Crippen LogP contribution in [0.2, 0.25) is 0 Å². The molecule has 18 heavy (non-hydrogen) atoms. The summed E-state index contributed by atoms with van der Waals surface area (Å²) in [6, 6.07) is 4.17. The van der Waals surface area contributed by atoms with Gasteiger partial charge in [-0.15, -0.1) is 0 Å². The molecule has 2 N–H and O–H groups in total. The normalized spacial score (nSPS) is 14.7. The molecule has 1 rings (SSSR count). The van der Waals surface area contributed by atoms with Crippen LogP contribution in [0.15, 0.2) is 24.5 Å². The predicted octanol–water partition coefficient (Wildman–Crippen LogP) is 2.32. The maximum atomic E-state index is 5.91. The van der Waals surface area contributed by atoms with Crippen molar-refractivity contribution in [3.63, 3.8) is 0 Å². The molecule has 0 spiro atoms. The van der Waals surface area contributed by atoms with Gasteiger partial charge in [-0.3, -0.25) is 4.98 Å². The van der Waals surface area contributed by atoms with Gasteiger partial charge in [-0.2, -0.15) is 0 Å². The first kappa shape index (κ1) is 15.1. The van der Waals surface area contributed by atoms with E-state index in [0.717, 1.165) is 26.1 Å². The molecule has 1 aromatic rings. The van der Waals surface area contributed by atoms with Crippen molar-refractivity contribution in [3.05, 3.63) is 30.1 Å². The lowest BCUT2D eigenvalue weighted by Crippen LogP contribution is -2.39. The molecule has 0 saturated carbocycles. The molecular formula is C15H27N3. The Morgan fingerprint density at radius 3 is 2.56 bits per heavy atom. The highest BCUT2D eigenvalue weighted by Crippen LogP contribution is 2.22. The van der Waals surface area contributed by atoms with E-state index < -0.39 is 0 Å². The number of hydrogen-bond donors (Lipinski definition) is 1. The van der Waals surface area contributed by atoms with Gasteiger partial charge in [0.2, 0.25) is 0 Å². The van der Waals surface area contributed by atoms with Crippen LogP contribution in [0.25, 0.3) is 0 Å². The number of hydrogen-bond acceptors (Lipinski definition) is 3. The summed E-state index contributed by atoms with van der Waals surface area (Å²) in [4.78, 5) is 6.43. The van der Waals surface area contributed by atoms with Gasteiger partial charge in [-0.05, 0) is 49.5 Å². The second-order valence-corrected chi connectivity index (χ2v) is 5.61. The van der Waals surface area contributed by atoms with E-state index in [1.165, 1.54) is 18.4 Å². The second kappa shape index (κ2) is 7.49. The van der Waals surface area contributed by atoms with E-state index in [2.05, 4.69) is 42.9 Å². The molecular weight excluding hydrogens is 222 g/mol. The SMILES string of the molecule is CCCC(C)(CN)CN(C)CCc1ccncc1. The zero-order chi connectivity index (χ0) is 13.4. The smallest absolute Gasteiger partial charge is 0.0270 e. The molecule has 0 fully saturated rings. The quantitative estimate of drug-likeness (QED) is 0.769. The molecule has 1 unspecified atom stereocenters. The molecule has 0 radical (unpaired) electrons. The van der Waals surface area contributed by atoms with Gasteiger partial charge in [0.05, 0.1) is 0 Å². The van der Waals surface area contributed by atoms with Crippen molar-refractivity contribution < 1.29 is 0 Å². The fourth-order valence-corrected chi connectivity index (χ4v) is 2.45. The zero-order valence-electron chi connectivity index (χ0n) is 12.0. The van der Waals surface area contributed by atoms with Crippen molar-refractivity contribution in [1.82, 2.24) is 9.88 Å². The Morgan fingerprint density at radius 1 is 1.33 bits per heavy atom. The average molecular weight is 249 g/mol. The van der Waals surface area contributed by atoms with E-state index >= 15 is 0 Å². The molecule has 0 aliphatic rings. The second-order valence-electron chi connectivity index (χ2n) is 5.61. The van der Waals surface area contributed by atoms with Crippen molar-refractivity contribution in [2.45, 2.75) is 33.1 Å². The summed E-state index contributed by atoms with van der Waals surface area (Å²) in [6.45, 7) is 7.43. The van der Waals surface area contributed by atoms with Crippen LogP contribution >= 0.6 is 0 Å². The van der Waals surface area contributed by atoms with Crippen LogP contribution < -0.4 is 5.73 Å². The van der Waals surface area contributed by atoms with Gasteiger partial charge in [0.15, 0.2) is 0 Å². The van der Waals surface area contributed by atoms with E-state index in [1.54, 1.807) is 0 Å². The van der Waals surface area contributed by atoms with Crippen LogP contribution in [-0.2, 0) is 6.42 Å². The van der Waals surface area contributed by atoms with Crippen molar-refractivity contribution in [3.8, 4) is 0 Å². The van der Waals surface area contributed by atoms with E-state index in [0.29, 0.717) is 0 Å². The van der Waals surface area contributed by atoms with Gasteiger partial charge in [0.1, 0.15) is 0 Å². The fraction of sp³-hybridized carbons (Fsp3) is 0.667. The van der Waals surface area contributed by atoms with Crippen LogP contribution in [0.4, 0.5) is 0 Å². The number of likely N-dealkylation sites (N-methyl/N-ethyl adjacent to an activating group) is 1. The van der Waals surface area contributed by atoms with Gasteiger partial charge in [0.25, 0.3) is 0 Å². The first-order valence-electron chi connectivity index (χ1n) is 6.87. The summed E-state index contributed by atoms with van der Waals surface area (Å²) in [7, 11) is 2.19. The molecule has 0 aliphatic carbocycles. The molecule has 0 amide bonds. The number of nitrogens with zero attached hydrogens (tertiary/aromatic N) is 2. The van der Waals surface area contributed by atoms with Gasteiger partial charge in [-0.25, -0.2) is 0 Å². The molecule has 0 aliphatic heterocycles. The summed E-state index contributed by atoms with van der Waals surface area (Å²) in [5.74, 6) is 0. The van der Waals surface area contributed by atoms with Gasteiger partial charge in [-0.1, -0.05) is 20.3 Å². The lowest BCUT2D eigenvalue weighted by Gasteiger charge is -2.32. The van der Waals surface area contributed by atoms with Crippen molar-refractivity contribution in [1.29, 1.82) is 0 Å². The Morgan fingerprint density at radius 2 is 2.00 bits per heavy atom. The fourth-order valence-electron chi connectivity index (χ4n) is 2.45. The van der Waals surface area contributed by atoms with Crippen molar-refractivity contribution in [2.24, 2.45) is 11.1 Å². The summed E-state index contributed by atoms with van der Waals surface area (Å²) in [5.41, 5.74) is 7.51. The highest BCUT2D eigenvalue weighted by atomic mass is 15.1. The third-order valence-corrected chi connectivity index (χ3v) is 3.53. The minimum absolute atomic E-state index is 0.252. The van der Waals surface area contributed by atoms with Crippen LogP contribution in [-0.4, -0.2) is 36.6 Å². The number of pyridine rings is 1. The van der Waals surface area contributed by atoms with E-state index in [9.17, 15) is 0 Å². The minimum Gasteiger partial charge on any atom is -0.330 e. The Kier molecular flexibility index (Phi) is 6.30. The van der Waals surface area contributed by atoms with Gasteiger partial charge < -0.3 is 10.6 Å². The highest BCUT2D eigenvalue weighted by Gasteiger charge is 2.23. The lowest BCUT2D eigenvalue weighted by atomic mass is 9.85. The third-order valence-electron chi connectivity index (χ3n) is 3.53. The topological polar surface area (TPSA) is 42.1 Å². The molecule has 0 aromatic carbocycles. The Bertz CT molecular complexity index is 326. The average Bonchev–Trinajstić information content (AvgIpc) is 2.38. The molecule has 1 heterocycles. The summed E-state index contributed by atoms with van der Waals surface area (Å²) in [6.07, 6.45) is 7.19. The minimum atomic E-state index is 0.252. The Labute approximate surface area is 111 Å². The molecule has 102 valence electrons. The van der Waals surface area contributed by atoms with Crippen LogP contribution in [0, 0.1) is 5.41 Å². The summed E-state index contributed by atoms with van der Waals surface area (Å²) >= 11 is 0. The highest BCUT2D eigenvalue weighted by molar-refractivity contribution is 5.09. The molecule has 0 saturated heterocycles. The molecule has 1 aromatic heterocycles. The largest absolute Gasteiger partial charge is 0.330 e. The van der Waals surface area contributed by atoms with Crippen molar-refractivity contribution >= 4 is 0 Å². The lowest BCUT2D eigenvalue weighted by molar-refractivity contribution is 0.186. The summed E-state index contributed by atoms with van der Waals surface area (Å²) < 4.78 is 0. The van der Waals surface area contributed by atoms with Gasteiger partial charge >= 0.3 is 0 Å². The molecule has 3 heteroatoms. The van der Waals surface area contributed by atoms with Gasteiger partial charge in [0, 0.05) is 25.5 Å². The monoisotopic (exact) mass is 249 g/mol. The number of rotatable bonds is 8. The van der Waals surface area contributed by atoms with Crippen LogP contribution in [0.5, 0.6) is 0 Å². The Balaban J connectivity index is 2.39. The van der Waals surface area contributed by atoms with E-state index in [-0.39, 0.29) is 5.41 Å². The number of nitrogens with two attached hydrogens (primary N) is 1. The Hall–Kier alpha value is -0.930. The zero-order valence-corrected chi connectivity index (χ0v) is 12.0. The van der Waals surface area contributed by atoms with Crippen LogP contribution in [0.3, 0.4) is 0 Å². The predicted molar refractivity (Wildman–Crippen MR) is 77.5 cm³/mol. The van der Waals surface area contributed by atoms with Crippen LogP contribution in [0.1, 0.15) is 32.3 Å².